The average molecular weight is 259 g/mol. The van der Waals surface area contributed by atoms with Crippen LogP contribution in [0.4, 0.5) is 0 Å². The van der Waals surface area contributed by atoms with Crippen molar-refractivity contribution in [2.24, 2.45) is 0 Å². The van der Waals surface area contributed by atoms with E-state index in [1.165, 1.54) is 5.56 Å². The number of nitrogens with one attached hydrogen (secondary N) is 2. The van der Waals surface area contributed by atoms with E-state index in [0.29, 0.717) is 0 Å². The van der Waals surface area contributed by atoms with Crippen LogP contribution in [0.1, 0.15) is 18.2 Å². The second-order valence-corrected chi connectivity index (χ2v) is 4.48. The molecule has 0 fully saturated rings. The number of ether oxygens (including phenoxy) is 1. The number of H-pyrrole nitrogens is 1. The summed E-state index contributed by atoms with van der Waals surface area (Å²) in [6.45, 7) is 4.50. The number of hydrogen-bond donors (Lipinski definition) is 2. The molecule has 2 N–H and O–H groups in total. The highest BCUT2D eigenvalue weighted by molar-refractivity contribution is 5.55. The largest absolute Gasteiger partial charge is 0.383 e. The molecule has 1 aromatic carbocycles. The number of nitrogens with zero attached hydrogens (tertiary/aromatic N) is 1. The van der Waals surface area contributed by atoms with Gasteiger partial charge in [0.25, 0.3) is 0 Å². The van der Waals surface area contributed by atoms with Gasteiger partial charge in [-0.2, -0.15) is 0 Å². The van der Waals surface area contributed by atoms with Crippen LogP contribution in [-0.4, -0.2) is 30.2 Å². The molecule has 0 saturated carbocycles. The summed E-state index contributed by atoms with van der Waals surface area (Å²) in [5.74, 6) is 0.922. The lowest BCUT2D eigenvalue weighted by molar-refractivity contribution is 0.199. The Hall–Kier alpha value is -1.65. The SMILES string of the molecule is CCc1ccc(-c2ncc(CNCCOC)[nH]2)cc1. The Morgan fingerprint density at radius 2 is 2.05 bits per heavy atom. The fourth-order valence-corrected chi connectivity index (χ4v) is 1.89. The van der Waals surface area contributed by atoms with E-state index in [-0.39, 0.29) is 0 Å². The second-order valence-electron chi connectivity index (χ2n) is 4.48. The molecule has 1 heterocycles. The van der Waals surface area contributed by atoms with Gasteiger partial charge in [-0.1, -0.05) is 31.2 Å². The molecule has 0 amide bonds. The van der Waals surface area contributed by atoms with E-state index in [1.54, 1.807) is 7.11 Å². The minimum absolute atomic E-state index is 0.722. The van der Waals surface area contributed by atoms with Crippen LogP contribution < -0.4 is 5.32 Å². The van der Waals surface area contributed by atoms with E-state index in [4.69, 9.17) is 4.74 Å². The summed E-state index contributed by atoms with van der Waals surface area (Å²) in [5, 5.41) is 3.29. The molecule has 0 aliphatic heterocycles. The van der Waals surface area contributed by atoms with Gasteiger partial charge in [0.1, 0.15) is 5.82 Å². The van der Waals surface area contributed by atoms with Crippen molar-refractivity contribution in [2.45, 2.75) is 19.9 Å². The van der Waals surface area contributed by atoms with Gasteiger partial charge in [0.15, 0.2) is 0 Å². The number of imidazole rings is 1. The Morgan fingerprint density at radius 1 is 1.26 bits per heavy atom. The van der Waals surface area contributed by atoms with Crippen molar-refractivity contribution in [2.75, 3.05) is 20.3 Å². The molecule has 4 heteroatoms. The van der Waals surface area contributed by atoms with E-state index >= 15 is 0 Å². The third kappa shape index (κ3) is 3.91. The van der Waals surface area contributed by atoms with Crippen molar-refractivity contribution in [3.8, 4) is 11.4 Å². The molecule has 0 atom stereocenters. The van der Waals surface area contributed by atoms with Gasteiger partial charge >= 0.3 is 0 Å². The predicted molar refractivity (Wildman–Crippen MR) is 77.0 cm³/mol. The zero-order valence-corrected chi connectivity index (χ0v) is 11.6. The zero-order chi connectivity index (χ0) is 13.5. The Labute approximate surface area is 114 Å². The van der Waals surface area contributed by atoms with E-state index < -0.39 is 0 Å². The summed E-state index contributed by atoms with van der Waals surface area (Å²) in [5.41, 5.74) is 3.56. The van der Waals surface area contributed by atoms with Crippen molar-refractivity contribution < 1.29 is 4.74 Å². The summed E-state index contributed by atoms with van der Waals surface area (Å²) in [4.78, 5) is 7.74. The van der Waals surface area contributed by atoms with Gasteiger partial charge < -0.3 is 15.0 Å². The van der Waals surface area contributed by atoms with E-state index in [9.17, 15) is 0 Å². The van der Waals surface area contributed by atoms with Crippen molar-refractivity contribution in [3.63, 3.8) is 0 Å². The number of aromatic nitrogens is 2. The average Bonchev–Trinajstić information content (AvgIpc) is 2.92. The molecule has 102 valence electrons. The summed E-state index contributed by atoms with van der Waals surface area (Å²) in [7, 11) is 1.70. The highest BCUT2D eigenvalue weighted by atomic mass is 16.5. The minimum atomic E-state index is 0.722. The molecule has 0 bridgehead atoms. The third-order valence-electron chi connectivity index (χ3n) is 3.06. The van der Waals surface area contributed by atoms with Crippen LogP contribution in [0.15, 0.2) is 30.5 Å². The summed E-state index contributed by atoms with van der Waals surface area (Å²) in [6, 6.07) is 8.52. The van der Waals surface area contributed by atoms with E-state index in [1.807, 2.05) is 6.20 Å². The van der Waals surface area contributed by atoms with Crippen molar-refractivity contribution >= 4 is 0 Å². The molecule has 0 unspecified atom stereocenters. The standard InChI is InChI=1S/C15H21N3O/c1-3-12-4-6-13(7-5-12)15-17-11-14(18-15)10-16-8-9-19-2/h4-7,11,16H,3,8-10H2,1-2H3,(H,17,18). The number of aromatic amines is 1. The van der Waals surface area contributed by atoms with Gasteiger partial charge in [-0.05, 0) is 12.0 Å². The van der Waals surface area contributed by atoms with Crippen LogP contribution in [0.2, 0.25) is 0 Å². The van der Waals surface area contributed by atoms with Gasteiger partial charge in [-0.15, -0.1) is 0 Å². The maximum atomic E-state index is 4.99. The first kappa shape index (κ1) is 13.8. The van der Waals surface area contributed by atoms with Gasteiger partial charge in [-0.25, -0.2) is 4.98 Å². The number of rotatable bonds is 7. The Balaban J connectivity index is 1.95. The van der Waals surface area contributed by atoms with E-state index in [2.05, 4.69) is 46.5 Å². The molecule has 0 saturated heterocycles. The first-order chi connectivity index (χ1) is 9.33. The Bertz CT molecular complexity index is 490. The molecule has 19 heavy (non-hydrogen) atoms. The monoisotopic (exact) mass is 259 g/mol. The smallest absolute Gasteiger partial charge is 0.137 e. The summed E-state index contributed by atoms with van der Waals surface area (Å²) >= 11 is 0. The molecule has 2 aromatic rings. The lowest BCUT2D eigenvalue weighted by atomic mass is 10.1. The van der Waals surface area contributed by atoms with Crippen LogP contribution in [-0.2, 0) is 17.7 Å². The first-order valence-corrected chi connectivity index (χ1v) is 6.66. The second kappa shape index (κ2) is 7.07. The van der Waals surface area contributed by atoms with Crippen LogP contribution in [0.5, 0.6) is 0 Å². The van der Waals surface area contributed by atoms with Crippen LogP contribution in [0, 0.1) is 0 Å². The van der Waals surface area contributed by atoms with Gasteiger partial charge in [-0.3, -0.25) is 0 Å². The van der Waals surface area contributed by atoms with Crippen LogP contribution in [0.25, 0.3) is 11.4 Å². The van der Waals surface area contributed by atoms with E-state index in [0.717, 1.165) is 43.2 Å². The lowest BCUT2D eigenvalue weighted by Crippen LogP contribution is -2.18. The van der Waals surface area contributed by atoms with Gasteiger partial charge in [0.2, 0.25) is 0 Å². The fourth-order valence-electron chi connectivity index (χ4n) is 1.89. The third-order valence-corrected chi connectivity index (χ3v) is 3.06. The zero-order valence-electron chi connectivity index (χ0n) is 11.6. The lowest BCUT2D eigenvalue weighted by Gasteiger charge is -2.02. The molecular formula is C15H21N3O. The van der Waals surface area contributed by atoms with Gasteiger partial charge in [0.05, 0.1) is 6.61 Å². The maximum absolute atomic E-state index is 4.99. The molecule has 1 aromatic heterocycles. The minimum Gasteiger partial charge on any atom is -0.383 e. The molecule has 0 aliphatic rings. The Morgan fingerprint density at radius 3 is 2.74 bits per heavy atom. The predicted octanol–water partition coefficient (Wildman–Crippen LogP) is 2.38. The highest BCUT2D eigenvalue weighted by Crippen LogP contribution is 2.16. The highest BCUT2D eigenvalue weighted by Gasteiger charge is 2.03. The van der Waals surface area contributed by atoms with Crippen LogP contribution >= 0.6 is 0 Å². The normalized spacial score (nSPS) is 10.8. The molecular weight excluding hydrogens is 238 g/mol. The summed E-state index contributed by atoms with van der Waals surface area (Å²) in [6.07, 6.45) is 2.94. The Kier molecular flexibility index (Phi) is 5.12. The summed E-state index contributed by atoms with van der Waals surface area (Å²) < 4.78 is 4.99. The van der Waals surface area contributed by atoms with Crippen molar-refractivity contribution in [1.29, 1.82) is 0 Å². The molecule has 2 rings (SSSR count). The van der Waals surface area contributed by atoms with Crippen molar-refractivity contribution in [1.82, 2.24) is 15.3 Å². The number of benzene rings is 1. The van der Waals surface area contributed by atoms with Crippen molar-refractivity contribution in [3.05, 3.63) is 41.7 Å². The number of aryl methyl sites for hydroxylation is 1. The first-order valence-electron chi connectivity index (χ1n) is 6.66. The fraction of sp³-hybridized carbons (Fsp3) is 0.400. The number of hydrogen-bond acceptors (Lipinski definition) is 3. The quantitative estimate of drug-likeness (QED) is 0.751. The number of methoxy groups -OCH3 is 1. The maximum Gasteiger partial charge on any atom is 0.137 e. The molecule has 0 radical (unpaired) electrons. The van der Waals surface area contributed by atoms with Gasteiger partial charge in [0, 0.05) is 37.7 Å². The topological polar surface area (TPSA) is 49.9 Å². The molecule has 4 nitrogen and oxygen atoms in total. The molecule has 0 spiro atoms. The molecule has 0 aliphatic carbocycles. The van der Waals surface area contributed by atoms with Crippen LogP contribution in [0.3, 0.4) is 0 Å².